The number of hydrogen-bond acceptors (Lipinski definition) is 8. The lowest BCUT2D eigenvalue weighted by Crippen LogP contribution is -2.24. The third-order valence-electron chi connectivity index (χ3n) is 2.56. The minimum atomic E-state index is -3.17. The zero-order valence-corrected chi connectivity index (χ0v) is 16.0. The van der Waals surface area contributed by atoms with Gasteiger partial charge in [0.1, 0.15) is 0 Å². The molecule has 0 aromatic rings. The van der Waals surface area contributed by atoms with Crippen LogP contribution in [0, 0.1) is 5.92 Å². The van der Waals surface area contributed by atoms with E-state index in [2.05, 4.69) is 0 Å². The highest BCUT2D eigenvalue weighted by Crippen LogP contribution is 2.51. The van der Waals surface area contributed by atoms with Gasteiger partial charge in [-0.05, 0) is 27.7 Å². The summed E-state index contributed by atoms with van der Waals surface area (Å²) in [7, 11) is -3.17. The monoisotopic (exact) mass is 370 g/mol. The van der Waals surface area contributed by atoms with Crippen molar-refractivity contribution < 1.29 is 32.7 Å². The van der Waals surface area contributed by atoms with Gasteiger partial charge in [0.15, 0.2) is 0 Å². The highest BCUT2D eigenvalue weighted by molar-refractivity contribution is 8.04. The Labute approximate surface area is 142 Å². The van der Waals surface area contributed by atoms with Crippen LogP contribution in [-0.2, 0) is 32.7 Å². The topological polar surface area (TPSA) is 88.1 Å². The maximum atomic E-state index is 12.3. The van der Waals surface area contributed by atoms with Crippen LogP contribution in [0.3, 0.4) is 0 Å². The molecule has 0 aliphatic carbocycles. The number of carbonyl (C=O) groups excluding carboxylic acids is 2. The molecule has 0 saturated heterocycles. The van der Waals surface area contributed by atoms with Crippen LogP contribution >= 0.6 is 19.4 Å². The van der Waals surface area contributed by atoms with Crippen LogP contribution < -0.4 is 0 Å². The zero-order chi connectivity index (χ0) is 17.7. The predicted octanol–water partition coefficient (Wildman–Crippen LogP) is 3.08. The lowest BCUT2D eigenvalue weighted by atomic mass is 10.1. The molecule has 0 aromatic heterocycles. The summed E-state index contributed by atoms with van der Waals surface area (Å²) >= 11 is 1.24. The van der Waals surface area contributed by atoms with Gasteiger partial charge in [-0.25, -0.2) is 0 Å². The quantitative estimate of drug-likeness (QED) is 0.361. The van der Waals surface area contributed by atoms with Gasteiger partial charge in [0.05, 0.1) is 44.3 Å². The Kier molecular flexibility index (Phi) is 12.5. The Morgan fingerprint density at radius 1 is 0.957 bits per heavy atom. The molecular weight excluding hydrogens is 343 g/mol. The summed E-state index contributed by atoms with van der Waals surface area (Å²) in [5, 5.41) is 0. The van der Waals surface area contributed by atoms with Crippen LogP contribution in [-0.4, -0.2) is 49.6 Å². The number of thioether (sulfide) groups is 1. The van der Waals surface area contributed by atoms with Crippen molar-refractivity contribution >= 4 is 31.3 Å². The fourth-order valence-electron chi connectivity index (χ4n) is 1.70. The molecule has 1 atom stereocenters. The van der Waals surface area contributed by atoms with Gasteiger partial charge in [-0.3, -0.25) is 14.2 Å². The number of esters is 2. The summed E-state index contributed by atoms with van der Waals surface area (Å²) in [6, 6.07) is 0. The van der Waals surface area contributed by atoms with Gasteiger partial charge in [0.2, 0.25) is 0 Å². The van der Waals surface area contributed by atoms with Crippen molar-refractivity contribution in [1.29, 1.82) is 0 Å². The summed E-state index contributed by atoms with van der Waals surface area (Å²) in [5.41, 5.74) is 0.118. The van der Waals surface area contributed by atoms with Crippen LogP contribution in [0.25, 0.3) is 0 Å². The molecule has 136 valence electrons. The summed E-state index contributed by atoms with van der Waals surface area (Å²) < 4.78 is 32.5. The Balaban J connectivity index is 4.60. The van der Waals surface area contributed by atoms with Crippen LogP contribution in [0.4, 0.5) is 0 Å². The molecule has 1 unspecified atom stereocenters. The average Bonchev–Trinajstić information content (AvgIpc) is 2.47. The highest BCUT2D eigenvalue weighted by atomic mass is 32.2. The minimum absolute atomic E-state index is 0.0623. The van der Waals surface area contributed by atoms with Gasteiger partial charge in [-0.15, -0.1) is 11.8 Å². The first-order chi connectivity index (χ1) is 10.9. The lowest BCUT2D eigenvalue weighted by molar-refractivity contribution is -0.153. The normalized spacial score (nSPS) is 12.7. The molecule has 0 aliphatic rings. The van der Waals surface area contributed by atoms with E-state index in [9.17, 15) is 14.2 Å². The standard InChI is InChI=1S/C14H27O7PS/c1-5-18-13(15)9-12(14(16)19-6-2)10-23-11-22(17,20-7-3)21-8-4/h12H,5-11H2,1-4H3. The zero-order valence-electron chi connectivity index (χ0n) is 14.2. The summed E-state index contributed by atoms with van der Waals surface area (Å²) in [6.07, 6.45) is -0.0623. The molecule has 0 fully saturated rings. The molecule has 9 heteroatoms. The number of rotatable bonds is 13. The lowest BCUT2D eigenvalue weighted by Gasteiger charge is -2.18. The summed E-state index contributed by atoms with van der Waals surface area (Å²) in [6.45, 7) is 7.92. The van der Waals surface area contributed by atoms with Crippen molar-refractivity contribution in [3.63, 3.8) is 0 Å². The molecular formula is C14H27O7PS. The molecule has 0 radical (unpaired) electrons. The van der Waals surface area contributed by atoms with E-state index in [1.54, 1.807) is 27.7 Å². The third-order valence-corrected chi connectivity index (χ3v) is 6.49. The van der Waals surface area contributed by atoms with E-state index in [0.29, 0.717) is 0 Å². The Morgan fingerprint density at radius 3 is 2.00 bits per heavy atom. The first-order valence-electron chi connectivity index (χ1n) is 7.70. The second kappa shape index (κ2) is 12.8. The molecule has 0 amide bonds. The maximum absolute atomic E-state index is 12.3. The highest BCUT2D eigenvalue weighted by Gasteiger charge is 2.28. The fourth-order valence-corrected chi connectivity index (χ4v) is 5.02. The Bertz CT molecular complexity index is 393. The van der Waals surface area contributed by atoms with E-state index in [4.69, 9.17) is 18.5 Å². The van der Waals surface area contributed by atoms with E-state index in [-0.39, 0.29) is 44.1 Å². The van der Waals surface area contributed by atoms with E-state index in [0.717, 1.165) is 0 Å². The van der Waals surface area contributed by atoms with Crippen molar-refractivity contribution in [2.24, 2.45) is 5.92 Å². The number of carbonyl (C=O) groups is 2. The first-order valence-corrected chi connectivity index (χ1v) is 10.6. The summed E-state index contributed by atoms with van der Waals surface area (Å²) in [4.78, 5) is 23.5. The molecule has 0 rings (SSSR count). The van der Waals surface area contributed by atoms with Crippen molar-refractivity contribution in [2.45, 2.75) is 34.1 Å². The average molecular weight is 370 g/mol. The third kappa shape index (κ3) is 10.0. The van der Waals surface area contributed by atoms with Crippen molar-refractivity contribution in [3.8, 4) is 0 Å². The smallest absolute Gasteiger partial charge is 0.340 e. The largest absolute Gasteiger partial charge is 0.466 e. The van der Waals surface area contributed by atoms with Crippen LogP contribution in [0.15, 0.2) is 0 Å². The van der Waals surface area contributed by atoms with Gasteiger partial charge < -0.3 is 18.5 Å². The van der Waals surface area contributed by atoms with E-state index in [1.165, 1.54) is 11.8 Å². The van der Waals surface area contributed by atoms with Gasteiger partial charge in [0, 0.05) is 5.75 Å². The molecule has 0 aromatic carbocycles. The summed E-state index contributed by atoms with van der Waals surface area (Å²) in [5.74, 6) is -1.28. The van der Waals surface area contributed by atoms with Crippen molar-refractivity contribution in [2.75, 3.05) is 37.7 Å². The van der Waals surface area contributed by atoms with Gasteiger partial charge >= 0.3 is 19.5 Å². The van der Waals surface area contributed by atoms with Crippen molar-refractivity contribution in [3.05, 3.63) is 0 Å². The van der Waals surface area contributed by atoms with Crippen LogP contribution in [0.2, 0.25) is 0 Å². The van der Waals surface area contributed by atoms with Gasteiger partial charge in [0.25, 0.3) is 0 Å². The maximum Gasteiger partial charge on any atom is 0.340 e. The molecule has 23 heavy (non-hydrogen) atoms. The second-order valence-electron chi connectivity index (χ2n) is 4.40. The van der Waals surface area contributed by atoms with Gasteiger partial charge in [-0.2, -0.15) is 0 Å². The Morgan fingerprint density at radius 2 is 1.52 bits per heavy atom. The molecule has 0 spiro atoms. The second-order valence-corrected chi connectivity index (χ2v) is 7.92. The Hall–Kier alpha value is -0.560. The van der Waals surface area contributed by atoms with E-state index in [1.807, 2.05) is 0 Å². The van der Waals surface area contributed by atoms with E-state index < -0.39 is 25.5 Å². The molecule has 0 bridgehead atoms. The van der Waals surface area contributed by atoms with Crippen LogP contribution in [0.1, 0.15) is 34.1 Å². The minimum Gasteiger partial charge on any atom is -0.466 e. The SMILES string of the molecule is CCOC(=O)CC(CSCP(=O)(OCC)OCC)C(=O)OCC. The molecule has 0 heterocycles. The molecule has 0 aliphatic heterocycles. The number of hydrogen-bond donors (Lipinski definition) is 0. The van der Waals surface area contributed by atoms with Crippen molar-refractivity contribution in [1.82, 2.24) is 0 Å². The first kappa shape index (κ1) is 22.4. The molecule has 7 nitrogen and oxygen atoms in total. The van der Waals surface area contributed by atoms with Gasteiger partial charge in [-0.1, -0.05) is 0 Å². The molecule has 0 saturated carbocycles. The van der Waals surface area contributed by atoms with Crippen LogP contribution in [0.5, 0.6) is 0 Å². The van der Waals surface area contributed by atoms with E-state index >= 15 is 0 Å². The fraction of sp³-hybridized carbons (Fsp3) is 0.857. The molecule has 0 N–H and O–H groups in total. The number of ether oxygens (including phenoxy) is 2. The predicted molar refractivity (Wildman–Crippen MR) is 89.6 cm³/mol.